The Morgan fingerprint density at radius 3 is 2.20 bits per heavy atom. The molecule has 3 nitrogen and oxygen atoms in total. The number of furan rings is 1. The van der Waals surface area contributed by atoms with Gasteiger partial charge in [-0.15, -0.1) is 0 Å². The lowest BCUT2D eigenvalue weighted by Gasteiger charge is -2.11. The number of rotatable bonds is 3. The molecular weight excluding hydrogens is 597 g/mol. The molecule has 7 aromatic carbocycles. The highest BCUT2D eigenvalue weighted by atomic mass is 16.3. The predicted molar refractivity (Wildman–Crippen MR) is 202 cm³/mol. The summed E-state index contributed by atoms with van der Waals surface area (Å²) >= 11 is 0. The van der Waals surface area contributed by atoms with Crippen LogP contribution in [0.15, 0.2) is 162 Å². The molecule has 3 heterocycles. The Morgan fingerprint density at radius 2 is 1.27 bits per heavy atom. The van der Waals surface area contributed by atoms with Crippen molar-refractivity contribution < 1.29 is 4.42 Å². The average Bonchev–Trinajstić information content (AvgIpc) is 3.84. The summed E-state index contributed by atoms with van der Waals surface area (Å²) in [5, 5.41) is 5.90. The number of benzene rings is 7. The quantitative estimate of drug-likeness (QED) is 0.196. The number of para-hydroxylation sites is 3. The van der Waals surface area contributed by atoms with E-state index in [4.69, 9.17) is 9.40 Å². The summed E-state index contributed by atoms with van der Waals surface area (Å²) in [7, 11) is 0. The van der Waals surface area contributed by atoms with Crippen molar-refractivity contribution in [3.8, 4) is 39.2 Å². The van der Waals surface area contributed by atoms with Gasteiger partial charge in [-0.1, -0.05) is 121 Å². The molecule has 228 valence electrons. The van der Waals surface area contributed by atoms with Gasteiger partial charge in [-0.3, -0.25) is 0 Å². The van der Waals surface area contributed by atoms with Crippen LogP contribution in [0.4, 0.5) is 0 Å². The minimum absolute atomic E-state index is 0.855. The van der Waals surface area contributed by atoms with Gasteiger partial charge in [-0.05, 0) is 76.2 Å². The van der Waals surface area contributed by atoms with Crippen molar-refractivity contribution in [1.82, 2.24) is 9.55 Å². The third kappa shape index (κ3) is 3.76. The molecule has 10 aromatic rings. The first kappa shape index (κ1) is 26.6. The summed E-state index contributed by atoms with van der Waals surface area (Å²) in [6, 6.07) is 56.4. The van der Waals surface area contributed by atoms with Gasteiger partial charge in [0, 0.05) is 32.5 Å². The summed E-state index contributed by atoms with van der Waals surface area (Å²) in [5.74, 6) is 0. The molecule has 3 heteroatoms. The van der Waals surface area contributed by atoms with Crippen molar-refractivity contribution in [1.29, 1.82) is 0 Å². The van der Waals surface area contributed by atoms with E-state index in [0.29, 0.717) is 0 Å². The number of aromatic nitrogens is 2. The van der Waals surface area contributed by atoms with E-state index in [1.807, 2.05) is 0 Å². The molecule has 0 aliphatic heterocycles. The Kier molecular flexibility index (Phi) is 5.44. The lowest BCUT2D eigenvalue weighted by atomic mass is 9.96. The molecule has 1 aliphatic carbocycles. The lowest BCUT2D eigenvalue weighted by molar-refractivity contribution is 0.666. The van der Waals surface area contributed by atoms with Crippen LogP contribution in [0.5, 0.6) is 0 Å². The molecule has 1 aliphatic rings. The Morgan fingerprint density at radius 1 is 0.510 bits per heavy atom. The van der Waals surface area contributed by atoms with Gasteiger partial charge in [-0.2, -0.15) is 0 Å². The Bertz CT molecular complexity index is 2960. The highest BCUT2D eigenvalue weighted by Crippen LogP contribution is 2.46. The minimum atomic E-state index is 0.855. The van der Waals surface area contributed by atoms with Crippen molar-refractivity contribution in [2.45, 2.75) is 6.42 Å². The molecule has 0 amide bonds. The number of pyridine rings is 1. The van der Waals surface area contributed by atoms with E-state index in [0.717, 1.165) is 56.2 Å². The third-order valence-electron chi connectivity index (χ3n) is 10.4. The van der Waals surface area contributed by atoms with Crippen LogP contribution in [-0.4, -0.2) is 9.55 Å². The first-order valence-electron chi connectivity index (χ1n) is 16.9. The van der Waals surface area contributed by atoms with Crippen LogP contribution in [0.25, 0.3) is 93.8 Å². The summed E-state index contributed by atoms with van der Waals surface area (Å²) in [5.41, 5.74) is 16.0. The zero-order valence-electron chi connectivity index (χ0n) is 26.5. The van der Waals surface area contributed by atoms with Crippen LogP contribution >= 0.6 is 0 Å². The van der Waals surface area contributed by atoms with Crippen LogP contribution < -0.4 is 0 Å². The number of nitrogens with zero attached hydrogens (tertiary/aromatic N) is 2. The van der Waals surface area contributed by atoms with E-state index in [-0.39, 0.29) is 0 Å². The van der Waals surface area contributed by atoms with Gasteiger partial charge < -0.3 is 8.98 Å². The molecule has 11 rings (SSSR count). The molecule has 0 unspecified atom stereocenters. The van der Waals surface area contributed by atoms with E-state index >= 15 is 0 Å². The fourth-order valence-electron chi connectivity index (χ4n) is 8.35. The standard InChI is InChI=1S/C46H28N2O/c1-2-12-28(13-3-1)36-27-39(47-38-20-8-6-16-32(36)38)33-18-11-23-43-45(33)35-19-10-22-42(46(35)49-43)48-40-21-9-7-17-34(40)44-37-26-29-14-4-5-15-30(29)31(37)24-25-41(44)48/h1-25,27H,26H2. The van der Waals surface area contributed by atoms with Crippen molar-refractivity contribution in [3.05, 3.63) is 169 Å². The topological polar surface area (TPSA) is 31.0 Å². The summed E-state index contributed by atoms with van der Waals surface area (Å²) < 4.78 is 9.27. The highest BCUT2D eigenvalue weighted by molar-refractivity contribution is 6.17. The van der Waals surface area contributed by atoms with Crippen molar-refractivity contribution >= 4 is 54.6 Å². The third-order valence-corrected chi connectivity index (χ3v) is 10.4. The first-order chi connectivity index (χ1) is 24.3. The SMILES string of the molecule is c1ccc(-c2cc(-c3cccc4oc5c(-n6c7ccccc7c7c8c(ccc76)-c6ccccc6C8)cccc5c34)nc3ccccc23)cc1. The van der Waals surface area contributed by atoms with E-state index in [1.54, 1.807) is 0 Å². The predicted octanol–water partition coefficient (Wildman–Crippen LogP) is 12.1. The van der Waals surface area contributed by atoms with E-state index in [9.17, 15) is 0 Å². The maximum absolute atomic E-state index is 6.86. The maximum atomic E-state index is 6.86. The molecule has 0 spiro atoms. The van der Waals surface area contributed by atoms with Gasteiger partial charge in [0.25, 0.3) is 0 Å². The van der Waals surface area contributed by atoms with Crippen LogP contribution in [0.1, 0.15) is 11.1 Å². The van der Waals surface area contributed by atoms with Gasteiger partial charge >= 0.3 is 0 Å². The number of hydrogen-bond donors (Lipinski definition) is 0. The molecule has 0 N–H and O–H groups in total. The zero-order chi connectivity index (χ0) is 32.1. The molecule has 0 fully saturated rings. The molecule has 0 saturated carbocycles. The van der Waals surface area contributed by atoms with Crippen LogP contribution in [-0.2, 0) is 6.42 Å². The second-order valence-electron chi connectivity index (χ2n) is 13.0. The summed E-state index contributed by atoms with van der Waals surface area (Å²) in [4.78, 5) is 5.23. The van der Waals surface area contributed by atoms with Crippen LogP contribution in [0.3, 0.4) is 0 Å². The van der Waals surface area contributed by atoms with Crippen LogP contribution in [0.2, 0.25) is 0 Å². The van der Waals surface area contributed by atoms with E-state index in [1.165, 1.54) is 55.2 Å². The fraction of sp³-hybridized carbons (Fsp3) is 0.0217. The van der Waals surface area contributed by atoms with Gasteiger partial charge in [0.1, 0.15) is 5.58 Å². The molecule has 49 heavy (non-hydrogen) atoms. The number of hydrogen-bond acceptors (Lipinski definition) is 2. The zero-order valence-corrected chi connectivity index (χ0v) is 26.5. The largest absolute Gasteiger partial charge is 0.454 e. The fourth-order valence-corrected chi connectivity index (χ4v) is 8.35. The Balaban J connectivity index is 1.18. The highest BCUT2D eigenvalue weighted by Gasteiger charge is 2.25. The Labute approximate surface area is 282 Å². The van der Waals surface area contributed by atoms with E-state index in [2.05, 4.69) is 162 Å². The molecule has 0 saturated heterocycles. The van der Waals surface area contributed by atoms with Crippen molar-refractivity contribution in [2.75, 3.05) is 0 Å². The average molecular weight is 625 g/mol. The van der Waals surface area contributed by atoms with Crippen LogP contribution in [0, 0.1) is 0 Å². The second kappa shape index (κ2) is 10.0. The van der Waals surface area contributed by atoms with Gasteiger partial charge in [0.05, 0.1) is 27.9 Å². The molecule has 0 radical (unpaired) electrons. The van der Waals surface area contributed by atoms with E-state index < -0.39 is 0 Å². The monoisotopic (exact) mass is 624 g/mol. The van der Waals surface area contributed by atoms with Crippen molar-refractivity contribution in [2.24, 2.45) is 0 Å². The van der Waals surface area contributed by atoms with Gasteiger partial charge in [0.2, 0.25) is 0 Å². The summed E-state index contributed by atoms with van der Waals surface area (Å²) in [6.07, 6.45) is 0.943. The smallest absolute Gasteiger partial charge is 0.159 e. The van der Waals surface area contributed by atoms with Gasteiger partial charge in [-0.25, -0.2) is 4.98 Å². The lowest BCUT2D eigenvalue weighted by Crippen LogP contribution is -1.94. The number of fused-ring (bicyclic) bond motifs is 11. The summed E-state index contributed by atoms with van der Waals surface area (Å²) in [6.45, 7) is 0. The van der Waals surface area contributed by atoms with Crippen molar-refractivity contribution in [3.63, 3.8) is 0 Å². The van der Waals surface area contributed by atoms with Gasteiger partial charge in [0.15, 0.2) is 5.58 Å². The maximum Gasteiger partial charge on any atom is 0.159 e. The molecule has 3 aromatic heterocycles. The second-order valence-corrected chi connectivity index (χ2v) is 13.0. The Hall–Kier alpha value is -6.45. The molecule has 0 atom stereocenters. The normalized spacial score (nSPS) is 12.4. The first-order valence-corrected chi connectivity index (χ1v) is 16.9. The molecular formula is C46H28N2O. The minimum Gasteiger partial charge on any atom is -0.454 e. The molecule has 0 bridgehead atoms.